The number of guanidine groups is 1. The molecule has 30 heavy (non-hydrogen) atoms. The molecule has 1 aromatic carbocycles. The first-order valence-corrected chi connectivity index (χ1v) is 11.0. The zero-order chi connectivity index (χ0) is 21.3. The van der Waals surface area contributed by atoms with E-state index in [1.165, 1.54) is 5.56 Å². The van der Waals surface area contributed by atoms with Crippen molar-refractivity contribution in [3.63, 3.8) is 0 Å². The molecule has 1 aromatic rings. The van der Waals surface area contributed by atoms with Crippen molar-refractivity contribution in [3.05, 3.63) is 35.9 Å². The molecule has 1 amide bonds. The van der Waals surface area contributed by atoms with Gasteiger partial charge in [-0.25, -0.2) is 0 Å². The Labute approximate surface area is 199 Å². The van der Waals surface area contributed by atoms with Crippen LogP contribution in [0, 0.1) is 5.92 Å². The average molecular weight is 530 g/mol. The van der Waals surface area contributed by atoms with Crippen LogP contribution in [0.5, 0.6) is 0 Å². The molecule has 0 radical (unpaired) electrons. The van der Waals surface area contributed by atoms with Crippen molar-refractivity contribution in [1.82, 2.24) is 15.5 Å². The van der Waals surface area contributed by atoms with E-state index >= 15 is 0 Å². The summed E-state index contributed by atoms with van der Waals surface area (Å²) in [6.45, 7) is 9.31. The second kappa shape index (κ2) is 13.1. The van der Waals surface area contributed by atoms with Crippen LogP contribution in [-0.4, -0.2) is 49.0 Å². The third-order valence-corrected chi connectivity index (χ3v) is 6.28. The monoisotopic (exact) mass is 529 g/mol. The van der Waals surface area contributed by atoms with Gasteiger partial charge in [-0.3, -0.25) is 9.79 Å². The molecule has 1 saturated heterocycles. The number of nitrogens with zero attached hydrogens (tertiary/aromatic N) is 2. The molecule has 0 spiro atoms. The Bertz CT molecular complexity index is 663. The molecule has 2 rings (SSSR count). The summed E-state index contributed by atoms with van der Waals surface area (Å²) in [7, 11) is 1.83. The van der Waals surface area contributed by atoms with E-state index < -0.39 is 0 Å². The highest BCUT2D eigenvalue weighted by Gasteiger charge is 2.30. The van der Waals surface area contributed by atoms with Crippen LogP contribution in [-0.2, 0) is 4.79 Å². The Morgan fingerprint density at radius 1 is 1.30 bits per heavy atom. The van der Waals surface area contributed by atoms with E-state index in [1.807, 2.05) is 7.05 Å². The van der Waals surface area contributed by atoms with Crippen molar-refractivity contribution in [2.24, 2.45) is 16.6 Å². The largest absolute Gasteiger partial charge is 0.370 e. The van der Waals surface area contributed by atoms with Gasteiger partial charge >= 0.3 is 0 Å². The highest BCUT2D eigenvalue weighted by Crippen LogP contribution is 2.23. The van der Waals surface area contributed by atoms with Gasteiger partial charge in [-0.1, -0.05) is 44.2 Å². The zero-order valence-corrected chi connectivity index (χ0v) is 21.3. The predicted octanol–water partition coefficient (Wildman–Crippen LogP) is 3.68. The fourth-order valence-electron chi connectivity index (χ4n) is 4.33. The van der Waals surface area contributed by atoms with Crippen LogP contribution in [0.25, 0.3) is 0 Å². The SMILES string of the molecule is CCC(CC)(CNC(=NC)N1CCCC(CC(N)=O)C1)NC(C)c1ccccc1.I. The molecule has 1 aliphatic rings. The van der Waals surface area contributed by atoms with Crippen molar-refractivity contribution in [2.45, 2.75) is 64.5 Å². The number of rotatable bonds is 9. The summed E-state index contributed by atoms with van der Waals surface area (Å²) >= 11 is 0. The zero-order valence-electron chi connectivity index (χ0n) is 19.0. The number of halogens is 1. The predicted molar refractivity (Wildman–Crippen MR) is 136 cm³/mol. The number of benzene rings is 1. The summed E-state index contributed by atoms with van der Waals surface area (Å²) in [4.78, 5) is 18.1. The maximum Gasteiger partial charge on any atom is 0.217 e. The fourth-order valence-corrected chi connectivity index (χ4v) is 4.33. The number of carbonyl (C=O) groups excluding carboxylic acids is 1. The lowest BCUT2D eigenvalue weighted by molar-refractivity contribution is -0.119. The molecule has 2 unspecified atom stereocenters. The Hall–Kier alpha value is -1.35. The number of primary amides is 1. The highest BCUT2D eigenvalue weighted by atomic mass is 127. The van der Waals surface area contributed by atoms with Crippen molar-refractivity contribution in [1.29, 1.82) is 0 Å². The molecule has 0 bridgehead atoms. The van der Waals surface area contributed by atoms with Gasteiger partial charge < -0.3 is 21.3 Å². The van der Waals surface area contributed by atoms with Crippen molar-refractivity contribution in [2.75, 3.05) is 26.7 Å². The van der Waals surface area contributed by atoms with Crippen LogP contribution in [0.4, 0.5) is 0 Å². The van der Waals surface area contributed by atoms with E-state index in [2.05, 4.69) is 71.6 Å². The minimum Gasteiger partial charge on any atom is -0.370 e. The van der Waals surface area contributed by atoms with Crippen LogP contribution in [0.2, 0.25) is 0 Å². The third kappa shape index (κ3) is 7.72. The standard InChI is InChI=1S/C23H39N5O.HI/c1-5-23(6-2,27-18(3)20-12-8-7-9-13-20)17-26-22(25-4)28-14-10-11-19(16-28)15-21(24)29;/h7-9,12-13,18-19,27H,5-6,10-11,14-17H2,1-4H3,(H2,24,29)(H,25,26);1H. The van der Waals surface area contributed by atoms with Crippen molar-refractivity contribution >= 4 is 35.8 Å². The minimum atomic E-state index is -0.213. The van der Waals surface area contributed by atoms with Crippen LogP contribution in [0.1, 0.15) is 64.5 Å². The fraction of sp³-hybridized carbons (Fsp3) is 0.652. The first-order valence-electron chi connectivity index (χ1n) is 11.0. The van der Waals surface area contributed by atoms with Crippen LogP contribution in [0.15, 0.2) is 35.3 Å². The number of piperidine rings is 1. The second-order valence-corrected chi connectivity index (χ2v) is 8.29. The lowest BCUT2D eigenvalue weighted by atomic mass is 9.90. The molecule has 4 N–H and O–H groups in total. The first-order chi connectivity index (χ1) is 13.9. The second-order valence-electron chi connectivity index (χ2n) is 8.29. The number of likely N-dealkylation sites (tertiary alicyclic amines) is 1. The van der Waals surface area contributed by atoms with Crippen LogP contribution < -0.4 is 16.4 Å². The first kappa shape index (κ1) is 26.7. The number of nitrogens with one attached hydrogen (secondary N) is 2. The summed E-state index contributed by atoms with van der Waals surface area (Å²) in [5, 5.41) is 7.48. The Morgan fingerprint density at radius 3 is 2.53 bits per heavy atom. The molecule has 7 heteroatoms. The molecular formula is C23H40IN5O. The van der Waals surface area contributed by atoms with Gasteiger partial charge in [0.2, 0.25) is 5.91 Å². The molecular weight excluding hydrogens is 489 g/mol. The van der Waals surface area contributed by atoms with Crippen molar-refractivity contribution < 1.29 is 4.79 Å². The van der Waals surface area contributed by atoms with E-state index in [9.17, 15) is 4.79 Å². The van der Waals surface area contributed by atoms with Crippen LogP contribution >= 0.6 is 24.0 Å². The molecule has 0 aromatic heterocycles. The van der Waals surface area contributed by atoms with Gasteiger partial charge in [0, 0.05) is 44.7 Å². The van der Waals surface area contributed by atoms with Crippen LogP contribution in [0.3, 0.4) is 0 Å². The number of hydrogen-bond acceptors (Lipinski definition) is 3. The summed E-state index contributed by atoms with van der Waals surface area (Å²) < 4.78 is 0. The topological polar surface area (TPSA) is 82.8 Å². The molecule has 2 atom stereocenters. The Balaban J connectivity index is 0.00000450. The third-order valence-electron chi connectivity index (χ3n) is 6.28. The van der Waals surface area contributed by atoms with Crippen molar-refractivity contribution in [3.8, 4) is 0 Å². The smallest absolute Gasteiger partial charge is 0.217 e. The number of carbonyl (C=O) groups is 1. The normalized spacial score (nSPS) is 18.5. The van der Waals surface area contributed by atoms with E-state index in [1.54, 1.807) is 0 Å². The summed E-state index contributed by atoms with van der Waals surface area (Å²) in [5.41, 5.74) is 6.69. The highest BCUT2D eigenvalue weighted by molar-refractivity contribution is 14.0. The van der Waals surface area contributed by atoms with Gasteiger partial charge in [-0.05, 0) is 44.1 Å². The molecule has 6 nitrogen and oxygen atoms in total. The lowest BCUT2D eigenvalue weighted by Gasteiger charge is -2.39. The van der Waals surface area contributed by atoms with Gasteiger partial charge in [-0.2, -0.15) is 0 Å². The maximum absolute atomic E-state index is 11.3. The summed E-state index contributed by atoms with van der Waals surface area (Å²) in [6.07, 6.45) is 4.62. The Morgan fingerprint density at radius 2 is 1.97 bits per heavy atom. The quantitative estimate of drug-likeness (QED) is 0.259. The summed E-state index contributed by atoms with van der Waals surface area (Å²) in [6, 6.07) is 10.9. The minimum absolute atomic E-state index is 0. The van der Waals surface area contributed by atoms with Gasteiger partial charge in [0.15, 0.2) is 5.96 Å². The maximum atomic E-state index is 11.3. The lowest BCUT2D eigenvalue weighted by Crippen LogP contribution is -2.56. The summed E-state index contributed by atoms with van der Waals surface area (Å²) in [5.74, 6) is 1.02. The van der Waals surface area contributed by atoms with Gasteiger partial charge in [0.1, 0.15) is 0 Å². The van der Waals surface area contributed by atoms with Gasteiger partial charge in [-0.15, -0.1) is 24.0 Å². The number of amides is 1. The molecule has 1 fully saturated rings. The van der Waals surface area contributed by atoms with E-state index in [-0.39, 0.29) is 41.5 Å². The molecule has 1 aliphatic heterocycles. The van der Waals surface area contributed by atoms with E-state index in [0.717, 1.165) is 51.3 Å². The molecule has 0 aliphatic carbocycles. The Kier molecular flexibility index (Phi) is 11.7. The van der Waals surface area contributed by atoms with E-state index in [0.29, 0.717) is 12.3 Å². The molecule has 0 saturated carbocycles. The molecule has 170 valence electrons. The molecule has 1 heterocycles. The van der Waals surface area contributed by atoms with E-state index in [4.69, 9.17) is 5.73 Å². The number of nitrogens with two attached hydrogens (primary N) is 1. The van der Waals surface area contributed by atoms with Gasteiger partial charge in [0.05, 0.1) is 0 Å². The number of hydrogen-bond donors (Lipinski definition) is 3. The average Bonchev–Trinajstić information content (AvgIpc) is 2.73. The van der Waals surface area contributed by atoms with Gasteiger partial charge in [0.25, 0.3) is 0 Å². The number of aliphatic imine (C=N–C) groups is 1.